The van der Waals surface area contributed by atoms with Crippen LogP contribution >= 0.6 is 0 Å². The molecule has 17 heteroatoms. The van der Waals surface area contributed by atoms with Gasteiger partial charge in [-0.05, 0) is 24.5 Å². The number of nitriles is 1. The molecule has 0 saturated carbocycles. The van der Waals surface area contributed by atoms with E-state index in [0.29, 0.717) is 11.6 Å². The number of carbonyl (C=O) groups is 2. The fourth-order valence-corrected chi connectivity index (χ4v) is 6.00. The zero-order valence-electron chi connectivity index (χ0n) is 21.1. The van der Waals surface area contributed by atoms with E-state index in [0.717, 1.165) is 4.31 Å². The van der Waals surface area contributed by atoms with Crippen molar-refractivity contribution >= 4 is 37.8 Å². The average molecular weight is 617 g/mol. The summed E-state index contributed by atoms with van der Waals surface area (Å²) in [6, 6.07) is 10.5. The van der Waals surface area contributed by atoms with Crippen LogP contribution in [0.15, 0.2) is 49.1 Å². The fourth-order valence-electron chi connectivity index (χ4n) is 4.04. The van der Waals surface area contributed by atoms with Crippen molar-refractivity contribution in [2.45, 2.75) is 24.1 Å². The van der Waals surface area contributed by atoms with Crippen LogP contribution in [0.3, 0.4) is 0 Å². The summed E-state index contributed by atoms with van der Waals surface area (Å²) >= 11 is 0. The van der Waals surface area contributed by atoms with Crippen molar-refractivity contribution in [1.29, 1.82) is 5.26 Å². The summed E-state index contributed by atoms with van der Waals surface area (Å²) in [6.07, 6.45) is 1.31. The molecule has 1 amide bonds. The second-order valence-electron chi connectivity index (χ2n) is 8.77. The van der Waals surface area contributed by atoms with E-state index in [9.17, 15) is 50.0 Å². The Morgan fingerprint density at radius 1 is 1.20 bits per heavy atom. The number of hydrogen-bond acceptors (Lipinski definition) is 10. The smallest absolute Gasteiger partial charge is 0.477 e. The number of amides is 1. The SMILES string of the molecule is C=CCN(C(=O)C1CCN(c2nc(OS(=O)(=O)C(F)(F)F)c(C(=O)O)cc2C#N)CC1)S(=O)(=O)Cc1ccccc1. The molecule has 0 spiro atoms. The molecule has 2 heterocycles. The maximum absolute atomic E-state index is 13.3. The summed E-state index contributed by atoms with van der Waals surface area (Å²) < 4.78 is 92.4. The minimum absolute atomic E-state index is 0.0254. The van der Waals surface area contributed by atoms with Crippen molar-refractivity contribution < 1.29 is 48.9 Å². The maximum Gasteiger partial charge on any atom is 0.534 e. The number of nitrogens with zero attached hydrogens (tertiary/aromatic N) is 4. The van der Waals surface area contributed by atoms with Gasteiger partial charge < -0.3 is 14.2 Å². The first-order valence-electron chi connectivity index (χ1n) is 11.7. The number of aromatic carboxylic acids is 1. The largest absolute Gasteiger partial charge is 0.534 e. The molecule has 0 bridgehead atoms. The van der Waals surface area contributed by atoms with Crippen molar-refractivity contribution in [3.8, 4) is 11.9 Å². The predicted octanol–water partition coefficient (Wildman–Crippen LogP) is 2.64. The first kappa shape index (κ1) is 31.4. The van der Waals surface area contributed by atoms with Crippen LogP contribution in [-0.2, 0) is 30.7 Å². The molecule has 0 unspecified atom stereocenters. The number of rotatable bonds is 10. The molecule has 2 aromatic rings. The van der Waals surface area contributed by atoms with Crippen molar-refractivity contribution in [3.63, 3.8) is 0 Å². The molecule has 12 nitrogen and oxygen atoms in total. The number of piperidine rings is 1. The Kier molecular flexibility index (Phi) is 9.29. The summed E-state index contributed by atoms with van der Waals surface area (Å²) in [6.45, 7) is 3.12. The van der Waals surface area contributed by atoms with Crippen LogP contribution in [-0.4, -0.2) is 68.3 Å². The van der Waals surface area contributed by atoms with Gasteiger partial charge in [-0.3, -0.25) is 4.79 Å². The van der Waals surface area contributed by atoms with Gasteiger partial charge in [0.15, 0.2) is 5.82 Å². The zero-order valence-corrected chi connectivity index (χ0v) is 22.7. The minimum atomic E-state index is -6.29. The zero-order chi connectivity index (χ0) is 30.6. The minimum Gasteiger partial charge on any atom is -0.477 e. The Hall–Kier alpha value is -4.17. The third kappa shape index (κ3) is 7.13. The van der Waals surface area contributed by atoms with Crippen molar-refractivity contribution in [2.75, 3.05) is 24.5 Å². The number of aromatic nitrogens is 1. The average Bonchev–Trinajstić information content (AvgIpc) is 2.90. The number of carboxylic acids is 1. The van der Waals surface area contributed by atoms with Crippen molar-refractivity contribution in [1.82, 2.24) is 9.29 Å². The number of halogens is 3. The molecule has 1 aromatic heterocycles. The Labute approximate surface area is 233 Å². The lowest BCUT2D eigenvalue weighted by Crippen LogP contribution is -2.45. The lowest BCUT2D eigenvalue weighted by Gasteiger charge is -2.34. The quantitative estimate of drug-likeness (QED) is 0.236. The predicted molar refractivity (Wildman–Crippen MR) is 137 cm³/mol. The molecule has 41 heavy (non-hydrogen) atoms. The fraction of sp³-hybridized carbons (Fsp3) is 0.333. The molecule has 1 N–H and O–H groups in total. The van der Waals surface area contributed by atoms with Crippen LogP contribution in [0.1, 0.15) is 34.3 Å². The van der Waals surface area contributed by atoms with Gasteiger partial charge in [-0.2, -0.15) is 31.8 Å². The monoisotopic (exact) mass is 616 g/mol. The third-order valence-corrected chi connectivity index (χ3v) is 8.65. The molecule has 3 rings (SSSR count). The first-order chi connectivity index (χ1) is 19.1. The van der Waals surface area contributed by atoms with E-state index < -0.39 is 66.2 Å². The normalized spacial score (nSPS) is 14.6. The molecule has 1 saturated heterocycles. The van der Waals surface area contributed by atoms with Gasteiger partial charge in [-0.25, -0.2) is 17.5 Å². The Bertz CT molecular complexity index is 1580. The summed E-state index contributed by atoms with van der Waals surface area (Å²) in [5.41, 5.74) is -6.90. The lowest BCUT2D eigenvalue weighted by molar-refractivity contribution is -0.130. The number of carboxylic acid groups (broad SMARTS) is 1. The summed E-state index contributed by atoms with van der Waals surface area (Å²) in [5, 5.41) is 18.8. The molecule has 0 aliphatic carbocycles. The number of pyridine rings is 1. The Morgan fingerprint density at radius 2 is 1.80 bits per heavy atom. The molecule has 0 atom stereocenters. The highest BCUT2D eigenvalue weighted by atomic mass is 32.2. The number of anilines is 1. The van der Waals surface area contributed by atoms with Gasteiger partial charge in [0.25, 0.3) is 0 Å². The van der Waals surface area contributed by atoms with E-state index in [1.165, 1.54) is 11.0 Å². The van der Waals surface area contributed by atoms with Crippen LogP contribution in [0.4, 0.5) is 19.0 Å². The summed E-state index contributed by atoms with van der Waals surface area (Å²) in [5.74, 6) is -5.59. The number of hydrogen-bond donors (Lipinski definition) is 1. The second kappa shape index (κ2) is 12.1. The highest BCUT2D eigenvalue weighted by Gasteiger charge is 2.49. The molecular weight excluding hydrogens is 593 g/mol. The number of carbonyl (C=O) groups excluding carboxylic acids is 1. The van der Waals surface area contributed by atoms with Crippen molar-refractivity contribution in [3.05, 3.63) is 65.7 Å². The van der Waals surface area contributed by atoms with Crippen LogP contribution < -0.4 is 9.08 Å². The first-order valence-corrected chi connectivity index (χ1v) is 14.8. The second-order valence-corrected chi connectivity index (χ2v) is 12.2. The van der Waals surface area contributed by atoms with Crippen molar-refractivity contribution in [2.24, 2.45) is 5.92 Å². The van der Waals surface area contributed by atoms with E-state index >= 15 is 0 Å². The van der Waals surface area contributed by atoms with E-state index in [1.54, 1.807) is 36.4 Å². The molecule has 220 valence electrons. The van der Waals surface area contributed by atoms with Gasteiger partial charge in [0.1, 0.15) is 11.6 Å². The highest BCUT2D eigenvalue weighted by molar-refractivity contribution is 7.88. The van der Waals surface area contributed by atoms with Crippen LogP contribution in [0.2, 0.25) is 0 Å². The standard InChI is InChI=1S/C24H23F3N4O8S2/c1-2-10-31(40(35,36)15-16-6-4-3-5-7-16)22(32)17-8-11-30(12-9-17)20-18(14-28)13-19(23(33)34)21(29-20)39-41(37,38)24(25,26)27/h2-7,13,17H,1,8-12,15H2,(H,33,34). The molecule has 1 aromatic carbocycles. The van der Waals surface area contributed by atoms with E-state index in [-0.39, 0.29) is 38.3 Å². The molecule has 1 fully saturated rings. The Balaban J connectivity index is 1.85. The van der Waals surface area contributed by atoms with Gasteiger partial charge in [-0.1, -0.05) is 36.4 Å². The van der Waals surface area contributed by atoms with Crippen LogP contribution in [0, 0.1) is 17.2 Å². The van der Waals surface area contributed by atoms with Gasteiger partial charge in [0.2, 0.25) is 21.8 Å². The van der Waals surface area contributed by atoms with E-state index in [4.69, 9.17) is 0 Å². The Morgan fingerprint density at radius 3 is 2.32 bits per heavy atom. The van der Waals surface area contributed by atoms with Crippen LogP contribution in [0.5, 0.6) is 5.88 Å². The lowest BCUT2D eigenvalue weighted by atomic mass is 9.95. The molecular formula is C24H23F3N4O8S2. The molecule has 1 aliphatic heterocycles. The summed E-state index contributed by atoms with van der Waals surface area (Å²) in [4.78, 5) is 29.8. The van der Waals surface area contributed by atoms with Crippen LogP contribution in [0.25, 0.3) is 0 Å². The van der Waals surface area contributed by atoms with Gasteiger partial charge in [-0.15, -0.1) is 6.58 Å². The van der Waals surface area contributed by atoms with E-state index in [1.807, 2.05) is 0 Å². The number of benzene rings is 1. The summed E-state index contributed by atoms with van der Waals surface area (Å²) in [7, 11) is -10.4. The maximum atomic E-state index is 13.3. The van der Waals surface area contributed by atoms with E-state index in [2.05, 4.69) is 15.7 Å². The highest BCUT2D eigenvalue weighted by Crippen LogP contribution is 2.33. The third-order valence-electron chi connectivity index (χ3n) is 6.00. The number of sulfonamides is 1. The van der Waals surface area contributed by atoms with Gasteiger partial charge in [0.05, 0.1) is 17.9 Å². The van der Waals surface area contributed by atoms with Gasteiger partial charge >= 0.3 is 21.6 Å². The van der Waals surface area contributed by atoms with Gasteiger partial charge in [0, 0.05) is 19.0 Å². The topological polar surface area (TPSA) is 175 Å². The molecule has 1 aliphatic rings. The number of alkyl halides is 3. The molecule has 0 radical (unpaired) electrons.